The zero-order chi connectivity index (χ0) is 30.4. The molecule has 2 aromatic rings. The quantitative estimate of drug-likeness (QED) is 0.362. The van der Waals surface area contributed by atoms with Crippen molar-refractivity contribution in [2.75, 3.05) is 31.6 Å². The average molecular weight is 616 g/mol. The molecule has 12 heteroatoms. The van der Waals surface area contributed by atoms with Crippen LogP contribution in [-0.4, -0.2) is 70.9 Å². The molecule has 2 aliphatic rings. The summed E-state index contributed by atoms with van der Waals surface area (Å²) in [4.78, 5) is 31.7. The van der Waals surface area contributed by atoms with E-state index in [2.05, 4.69) is 20.9 Å². The largest absolute Gasteiger partial charge is 0.489 e. The highest BCUT2D eigenvalue weighted by atomic mass is 35.5. The molecule has 3 N–H and O–H groups in total. The molecule has 4 rings (SSSR count). The van der Waals surface area contributed by atoms with Gasteiger partial charge in [-0.15, -0.1) is 0 Å². The van der Waals surface area contributed by atoms with Gasteiger partial charge in [0, 0.05) is 53.7 Å². The Morgan fingerprint density at radius 3 is 2.86 bits per heavy atom. The maximum absolute atomic E-state index is 13.1. The predicted octanol–water partition coefficient (Wildman–Crippen LogP) is 4.75. The molecule has 10 nitrogen and oxygen atoms in total. The van der Waals surface area contributed by atoms with Gasteiger partial charge in [-0.2, -0.15) is 0 Å². The SMILES string of the molecule is Cc1c(Cl)cccc1NC(=S)C1=C(NCc2ccncc2OC[C@@H]2CN(C(=O)OC(C)(C)C)CCO2)C[C@@H](C)NC1=O. The minimum Gasteiger partial charge on any atom is -0.489 e. The highest BCUT2D eigenvalue weighted by Crippen LogP contribution is 2.26. The van der Waals surface area contributed by atoms with Gasteiger partial charge in [0.1, 0.15) is 29.0 Å². The van der Waals surface area contributed by atoms with Gasteiger partial charge in [-0.3, -0.25) is 9.78 Å². The molecule has 3 heterocycles. The molecule has 2 amide bonds. The molecular weight excluding hydrogens is 578 g/mol. The predicted molar refractivity (Wildman–Crippen MR) is 166 cm³/mol. The first-order valence-corrected chi connectivity index (χ1v) is 14.7. The molecule has 1 aromatic heterocycles. The minimum absolute atomic E-state index is 0.0658. The Morgan fingerprint density at radius 2 is 2.10 bits per heavy atom. The van der Waals surface area contributed by atoms with Crippen LogP contribution in [0.15, 0.2) is 47.9 Å². The Balaban J connectivity index is 1.43. The Kier molecular flexibility index (Phi) is 10.3. The number of nitrogens with zero attached hydrogens (tertiary/aromatic N) is 2. The summed E-state index contributed by atoms with van der Waals surface area (Å²) in [6, 6.07) is 7.29. The number of rotatable bonds is 8. The number of amides is 2. The van der Waals surface area contributed by atoms with Crippen molar-refractivity contribution < 1.29 is 23.8 Å². The summed E-state index contributed by atoms with van der Waals surface area (Å²) in [6.45, 7) is 11.2. The van der Waals surface area contributed by atoms with Crippen LogP contribution in [0.3, 0.4) is 0 Å². The fourth-order valence-corrected chi connectivity index (χ4v) is 5.10. The number of aromatic nitrogens is 1. The van der Waals surface area contributed by atoms with Crippen LogP contribution in [-0.2, 0) is 20.8 Å². The Morgan fingerprint density at radius 1 is 1.31 bits per heavy atom. The van der Waals surface area contributed by atoms with Crippen molar-refractivity contribution in [1.82, 2.24) is 20.5 Å². The number of halogens is 1. The van der Waals surface area contributed by atoms with E-state index in [1.807, 2.05) is 52.8 Å². The van der Waals surface area contributed by atoms with Crippen LogP contribution in [0.25, 0.3) is 0 Å². The summed E-state index contributed by atoms with van der Waals surface area (Å²) < 4.78 is 17.5. The maximum atomic E-state index is 13.1. The van der Waals surface area contributed by atoms with Gasteiger partial charge < -0.3 is 35.1 Å². The number of morpholine rings is 1. The van der Waals surface area contributed by atoms with Crippen molar-refractivity contribution in [1.29, 1.82) is 0 Å². The van der Waals surface area contributed by atoms with Gasteiger partial charge in [0.15, 0.2) is 0 Å². The molecule has 1 aromatic carbocycles. The molecule has 2 atom stereocenters. The minimum atomic E-state index is -0.570. The maximum Gasteiger partial charge on any atom is 0.410 e. The molecule has 226 valence electrons. The fraction of sp³-hybridized carbons (Fsp3) is 0.467. The van der Waals surface area contributed by atoms with Crippen LogP contribution in [0, 0.1) is 6.92 Å². The van der Waals surface area contributed by atoms with E-state index < -0.39 is 5.60 Å². The lowest BCUT2D eigenvalue weighted by Gasteiger charge is -2.34. The van der Waals surface area contributed by atoms with Crippen molar-refractivity contribution in [2.45, 2.75) is 65.3 Å². The van der Waals surface area contributed by atoms with Crippen molar-refractivity contribution in [3.05, 3.63) is 64.1 Å². The van der Waals surface area contributed by atoms with E-state index in [9.17, 15) is 9.59 Å². The second-order valence-electron chi connectivity index (χ2n) is 11.4. The number of hydrogen-bond donors (Lipinski definition) is 3. The van der Waals surface area contributed by atoms with Crippen LogP contribution in [0.4, 0.5) is 10.5 Å². The van der Waals surface area contributed by atoms with E-state index in [1.54, 1.807) is 23.4 Å². The zero-order valence-corrected chi connectivity index (χ0v) is 26.2. The van der Waals surface area contributed by atoms with Crippen LogP contribution in [0.5, 0.6) is 5.75 Å². The van der Waals surface area contributed by atoms with Gasteiger partial charge in [-0.25, -0.2) is 4.79 Å². The summed E-state index contributed by atoms with van der Waals surface area (Å²) >= 11 is 12.0. The van der Waals surface area contributed by atoms with E-state index in [1.165, 1.54) is 0 Å². The average Bonchev–Trinajstić information content (AvgIpc) is 2.92. The standard InChI is InChI=1S/C30H38ClN5O5S/c1-18-13-24(26(27(37)34-18)28(42)35-23-8-6-7-22(31)19(23)2)33-14-20-9-10-32-15-25(20)40-17-21-16-36(11-12-39-21)29(38)41-30(3,4)5/h6-10,15,18,21,33H,11-14,16-17H2,1-5H3,(H,34,37)(H,35,42)/t18-,21+/m1/s1. The van der Waals surface area contributed by atoms with Gasteiger partial charge >= 0.3 is 6.09 Å². The Hall–Kier alpha value is -3.41. The van der Waals surface area contributed by atoms with Crippen molar-refractivity contribution in [3.8, 4) is 5.75 Å². The lowest BCUT2D eigenvalue weighted by molar-refractivity contribution is -0.118. The van der Waals surface area contributed by atoms with Gasteiger partial charge in [0.25, 0.3) is 5.91 Å². The van der Waals surface area contributed by atoms with Crippen molar-refractivity contribution in [3.63, 3.8) is 0 Å². The molecular formula is C30H38ClN5O5S. The van der Waals surface area contributed by atoms with E-state index in [0.29, 0.717) is 54.0 Å². The monoisotopic (exact) mass is 615 g/mol. The molecule has 1 fully saturated rings. The third-order valence-electron chi connectivity index (χ3n) is 6.74. The molecule has 0 spiro atoms. The fourth-order valence-electron chi connectivity index (χ4n) is 4.60. The molecule has 42 heavy (non-hydrogen) atoms. The number of carbonyl (C=O) groups is 2. The molecule has 2 aliphatic heterocycles. The smallest absolute Gasteiger partial charge is 0.410 e. The molecule has 0 radical (unpaired) electrons. The number of anilines is 1. The number of benzene rings is 1. The number of carbonyl (C=O) groups excluding carboxylic acids is 2. The second-order valence-corrected chi connectivity index (χ2v) is 12.2. The van der Waals surface area contributed by atoms with E-state index in [-0.39, 0.29) is 30.8 Å². The topological polar surface area (TPSA) is 114 Å². The highest BCUT2D eigenvalue weighted by molar-refractivity contribution is 7.81. The molecule has 1 saturated heterocycles. The van der Waals surface area contributed by atoms with Gasteiger partial charge in [-0.1, -0.05) is 29.9 Å². The molecule has 0 aliphatic carbocycles. The van der Waals surface area contributed by atoms with E-state index >= 15 is 0 Å². The summed E-state index contributed by atoms with van der Waals surface area (Å²) in [5.41, 5.74) is 2.98. The van der Waals surface area contributed by atoms with E-state index in [0.717, 1.165) is 22.5 Å². The third kappa shape index (κ3) is 8.33. The summed E-state index contributed by atoms with van der Waals surface area (Å²) in [5.74, 6) is 0.331. The Bertz CT molecular complexity index is 1360. The first kappa shape index (κ1) is 31.5. The number of ether oxygens (including phenoxy) is 3. The number of hydrogen-bond acceptors (Lipinski definition) is 8. The molecule has 0 unspecified atom stereocenters. The number of nitrogens with one attached hydrogen (secondary N) is 3. The highest BCUT2D eigenvalue weighted by Gasteiger charge is 2.30. The van der Waals surface area contributed by atoms with Gasteiger partial charge in [0.2, 0.25) is 0 Å². The second kappa shape index (κ2) is 13.7. The molecule has 0 saturated carbocycles. The van der Waals surface area contributed by atoms with E-state index in [4.69, 9.17) is 38.0 Å². The van der Waals surface area contributed by atoms with Crippen LogP contribution in [0.2, 0.25) is 5.02 Å². The summed E-state index contributed by atoms with van der Waals surface area (Å²) in [6.07, 6.45) is 3.23. The first-order valence-electron chi connectivity index (χ1n) is 13.9. The van der Waals surface area contributed by atoms with Crippen molar-refractivity contribution in [2.24, 2.45) is 0 Å². The summed E-state index contributed by atoms with van der Waals surface area (Å²) in [5, 5.41) is 10.2. The normalized spacial score (nSPS) is 19.2. The van der Waals surface area contributed by atoms with Crippen LogP contribution >= 0.6 is 23.8 Å². The third-order valence-corrected chi connectivity index (χ3v) is 7.45. The lowest BCUT2D eigenvalue weighted by atomic mass is 10.0. The van der Waals surface area contributed by atoms with Crippen molar-refractivity contribution >= 4 is 46.5 Å². The van der Waals surface area contributed by atoms with Gasteiger partial charge in [-0.05, 0) is 58.4 Å². The Labute approximate surface area is 257 Å². The zero-order valence-electron chi connectivity index (χ0n) is 24.6. The van der Waals surface area contributed by atoms with Gasteiger partial charge in [0.05, 0.1) is 24.9 Å². The number of thiocarbonyl (C=S) groups is 1. The van der Waals surface area contributed by atoms with Crippen LogP contribution < -0.4 is 20.7 Å². The first-order chi connectivity index (χ1) is 19.9. The summed E-state index contributed by atoms with van der Waals surface area (Å²) in [7, 11) is 0. The molecule has 0 bridgehead atoms. The lowest BCUT2D eigenvalue weighted by Crippen LogP contribution is -2.49. The van der Waals surface area contributed by atoms with Crippen LogP contribution in [0.1, 0.15) is 45.2 Å². The number of pyridine rings is 1.